The van der Waals surface area contributed by atoms with Crippen LogP contribution in [0.4, 0.5) is 4.79 Å². The Morgan fingerprint density at radius 3 is 2.43 bits per heavy atom. The predicted octanol–water partition coefficient (Wildman–Crippen LogP) is 4.56. The van der Waals surface area contributed by atoms with Gasteiger partial charge in [-0.1, -0.05) is 20.3 Å². The van der Waals surface area contributed by atoms with E-state index in [4.69, 9.17) is 4.74 Å². The zero-order valence-electron chi connectivity index (χ0n) is 15.6. The molecule has 0 N–H and O–H groups in total. The van der Waals surface area contributed by atoms with Crippen LogP contribution in [0.2, 0.25) is 0 Å². The molecule has 0 radical (unpaired) electrons. The molecule has 0 aromatic heterocycles. The lowest BCUT2D eigenvalue weighted by molar-refractivity contribution is -0.138. The van der Waals surface area contributed by atoms with Crippen LogP contribution in [0, 0.1) is 11.3 Å². The van der Waals surface area contributed by atoms with Crippen molar-refractivity contribution in [2.24, 2.45) is 11.3 Å². The number of rotatable bonds is 1. The number of nitrogens with zero attached hydrogens (tertiary/aromatic N) is 1. The molecule has 2 rings (SSSR count). The minimum atomic E-state index is -0.505. The van der Waals surface area contributed by atoms with Gasteiger partial charge in [-0.25, -0.2) is 4.79 Å². The fraction of sp³-hybridized carbons (Fsp3) is 0.895. The lowest BCUT2D eigenvalue weighted by atomic mass is 9.67. The smallest absolute Gasteiger partial charge is 0.410 e. The van der Waals surface area contributed by atoms with Gasteiger partial charge in [0.25, 0.3) is 0 Å². The van der Waals surface area contributed by atoms with Gasteiger partial charge in [-0.05, 0) is 59.8 Å². The first kappa shape index (κ1) is 18.3. The highest BCUT2D eigenvalue weighted by Crippen LogP contribution is 2.41. The number of ether oxygens (including phenoxy) is 1. The number of hydrogen-bond acceptors (Lipinski definition) is 3. The lowest BCUT2D eigenvalue weighted by Gasteiger charge is -2.47. The molecule has 0 aromatic rings. The van der Waals surface area contributed by atoms with Crippen LogP contribution < -0.4 is 0 Å². The number of piperidine rings is 1. The second-order valence-corrected chi connectivity index (χ2v) is 8.98. The summed E-state index contributed by atoms with van der Waals surface area (Å²) in [4.78, 5) is 27.5. The second kappa shape index (κ2) is 6.45. The number of carbonyl (C=O) groups is 2. The van der Waals surface area contributed by atoms with Crippen molar-refractivity contribution in [3.8, 4) is 0 Å². The highest BCUT2D eigenvalue weighted by Gasteiger charge is 2.46. The minimum Gasteiger partial charge on any atom is -0.444 e. The molecule has 1 aliphatic heterocycles. The van der Waals surface area contributed by atoms with E-state index in [1.54, 1.807) is 0 Å². The molecule has 0 spiro atoms. The third-order valence-electron chi connectivity index (χ3n) is 5.34. The van der Waals surface area contributed by atoms with Crippen molar-refractivity contribution in [2.45, 2.75) is 97.8 Å². The highest BCUT2D eigenvalue weighted by atomic mass is 16.6. The molecule has 4 nitrogen and oxygen atoms in total. The summed E-state index contributed by atoms with van der Waals surface area (Å²) in [6.45, 7) is 11.8. The van der Waals surface area contributed by atoms with Gasteiger partial charge >= 0.3 is 6.09 Å². The first-order valence-corrected chi connectivity index (χ1v) is 9.08. The van der Waals surface area contributed by atoms with Crippen LogP contribution in [0.3, 0.4) is 0 Å². The molecule has 23 heavy (non-hydrogen) atoms. The third-order valence-corrected chi connectivity index (χ3v) is 5.34. The summed E-state index contributed by atoms with van der Waals surface area (Å²) in [5, 5.41) is 0. The maximum atomic E-state index is 12.9. The molecular formula is C19H33NO3. The van der Waals surface area contributed by atoms with E-state index in [2.05, 4.69) is 6.92 Å². The van der Waals surface area contributed by atoms with Gasteiger partial charge in [-0.2, -0.15) is 0 Å². The Morgan fingerprint density at radius 1 is 1.17 bits per heavy atom. The number of Topliss-reactive ketones (excluding diaryl/α,β-unsaturated/α-hetero) is 1. The van der Waals surface area contributed by atoms with Crippen LogP contribution >= 0.6 is 0 Å². The number of ketones is 1. The molecule has 1 aliphatic carbocycles. The molecule has 1 saturated carbocycles. The van der Waals surface area contributed by atoms with E-state index in [0.29, 0.717) is 5.78 Å². The van der Waals surface area contributed by atoms with Gasteiger partial charge in [0.2, 0.25) is 0 Å². The fourth-order valence-corrected chi connectivity index (χ4v) is 4.14. The zero-order chi connectivity index (χ0) is 17.4. The summed E-state index contributed by atoms with van der Waals surface area (Å²) in [5.41, 5.74) is -0.766. The van der Waals surface area contributed by atoms with Gasteiger partial charge in [0.05, 0.1) is 0 Å². The van der Waals surface area contributed by atoms with E-state index in [-0.39, 0.29) is 29.5 Å². The summed E-state index contributed by atoms with van der Waals surface area (Å²) >= 11 is 0. The quantitative estimate of drug-likeness (QED) is 0.710. The van der Waals surface area contributed by atoms with Gasteiger partial charge in [-0.3, -0.25) is 4.79 Å². The van der Waals surface area contributed by atoms with Crippen LogP contribution in [0.1, 0.15) is 80.1 Å². The largest absolute Gasteiger partial charge is 0.444 e. The molecule has 132 valence electrons. The molecule has 0 bridgehead atoms. The topological polar surface area (TPSA) is 46.6 Å². The maximum absolute atomic E-state index is 12.9. The normalized spacial score (nSPS) is 31.8. The van der Waals surface area contributed by atoms with Crippen molar-refractivity contribution in [1.82, 2.24) is 4.90 Å². The Bertz CT molecular complexity index is 464. The second-order valence-electron chi connectivity index (χ2n) is 8.98. The van der Waals surface area contributed by atoms with Gasteiger partial charge in [0, 0.05) is 23.4 Å². The van der Waals surface area contributed by atoms with Crippen molar-refractivity contribution in [1.29, 1.82) is 0 Å². The average Bonchev–Trinajstić information content (AvgIpc) is 2.39. The standard InChI is InChI=1S/C19H33NO3/c1-13-9-7-11-15(20(13)17(22)23-18(2,3)4)14-10-8-12-19(5,6)16(14)21/h13-15H,7-12H2,1-6H3. The SMILES string of the molecule is CC1CCCC(C2CCCC(C)(C)C2=O)N1C(=O)OC(C)(C)C. The number of carbonyl (C=O) groups excluding carboxylic acids is 2. The Labute approximate surface area is 140 Å². The van der Waals surface area contributed by atoms with E-state index >= 15 is 0 Å². The molecule has 3 atom stereocenters. The van der Waals surface area contributed by atoms with Gasteiger partial charge in [0.15, 0.2) is 0 Å². The summed E-state index contributed by atoms with van der Waals surface area (Å²) in [6, 6.07) is 0.141. The summed E-state index contributed by atoms with van der Waals surface area (Å²) in [6.07, 6.45) is 5.64. The summed E-state index contributed by atoms with van der Waals surface area (Å²) in [5.74, 6) is 0.297. The first-order chi connectivity index (χ1) is 10.5. The van der Waals surface area contributed by atoms with Crippen LogP contribution in [-0.4, -0.2) is 34.5 Å². The van der Waals surface area contributed by atoms with Gasteiger partial charge < -0.3 is 9.64 Å². The zero-order valence-corrected chi connectivity index (χ0v) is 15.6. The Hall–Kier alpha value is -1.06. The van der Waals surface area contributed by atoms with E-state index in [0.717, 1.165) is 38.5 Å². The molecule has 3 unspecified atom stereocenters. The number of likely N-dealkylation sites (tertiary alicyclic amines) is 1. The molecule has 2 aliphatic rings. The Balaban J connectivity index is 2.23. The maximum Gasteiger partial charge on any atom is 0.410 e. The molecule has 1 amide bonds. The van der Waals surface area contributed by atoms with Crippen molar-refractivity contribution in [3.63, 3.8) is 0 Å². The molecule has 0 aromatic carbocycles. The summed E-state index contributed by atoms with van der Waals surface area (Å²) < 4.78 is 5.63. The van der Waals surface area contributed by atoms with Crippen LogP contribution in [0.25, 0.3) is 0 Å². The predicted molar refractivity (Wildman–Crippen MR) is 91.3 cm³/mol. The highest BCUT2D eigenvalue weighted by molar-refractivity contribution is 5.88. The van der Waals surface area contributed by atoms with Crippen molar-refractivity contribution < 1.29 is 14.3 Å². The van der Waals surface area contributed by atoms with E-state index in [1.807, 2.05) is 39.5 Å². The molecule has 2 fully saturated rings. The summed E-state index contributed by atoms with van der Waals surface area (Å²) in [7, 11) is 0. The average molecular weight is 323 g/mol. The first-order valence-electron chi connectivity index (χ1n) is 9.08. The minimum absolute atomic E-state index is 0.000625. The van der Waals surface area contributed by atoms with E-state index < -0.39 is 5.60 Å². The molecule has 4 heteroatoms. The molecule has 1 saturated heterocycles. The number of hydrogen-bond donors (Lipinski definition) is 0. The van der Waals surface area contributed by atoms with Crippen LogP contribution in [0.5, 0.6) is 0 Å². The van der Waals surface area contributed by atoms with Crippen molar-refractivity contribution in [3.05, 3.63) is 0 Å². The van der Waals surface area contributed by atoms with Crippen LogP contribution in [0.15, 0.2) is 0 Å². The van der Waals surface area contributed by atoms with Gasteiger partial charge in [-0.15, -0.1) is 0 Å². The van der Waals surface area contributed by atoms with Gasteiger partial charge in [0.1, 0.15) is 11.4 Å². The lowest BCUT2D eigenvalue weighted by Crippen LogP contribution is -2.56. The van der Waals surface area contributed by atoms with Crippen molar-refractivity contribution in [2.75, 3.05) is 0 Å². The van der Waals surface area contributed by atoms with E-state index in [1.165, 1.54) is 0 Å². The Kier molecular flexibility index (Phi) is 5.12. The monoisotopic (exact) mass is 323 g/mol. The van der Waals surface area contributed by atoms with Crippen molar-refractivity contribution >= 4 is 11.9 Å². The Morgan fingerprint density at radius 2 is 1.83 bits per heavy atom. The molecule has 1 heterocycles. The third kappa shape index (κ3) is 4.07. The molecular weight excluding hydrogens is 290 g/mol. The van der Waals surface area contributed by atoms with Crippen LogP contribution in [-0.2, 0) is 9.53 Å². The number of amides is 1. The fourth-order valence-electron chi connectivity index (χ4n) is 4.14. The van der Waals surface area contributed by atoms with E-state index in [9.17, 15) is 9.59 Å².